The largest absolute Gasteiger partial charge is 0.298 e. The molecule has 0 bridgehead atoms. The first-order valence-electron chi connectivity index (χ1n) is 3.44. The number of halogens is 3. The molecule has 0 saturated heterocycles. The summed E-state index contributed by atoms with van der Waals surface area (Å²) in [5.41, 5.74) is -1.04. The van der Waals surface area contributed by atoms with Gasteiger partial charge in [0, 0.05) is 5.56 Å². The van der Waals surface area contributed by atoms with E-state index in [1.165, 1.54) is 6.07 Å². The minimum Gasteiger partial charge on any atom is -0.298 e. The van der Waals surface area contributed by atoms with Crippen LogP contribution in [-0.2, 0) is 0 Å². The van der Waals surface area contributed by atoms with Crippen LogP contribution in [0, 0.1) is 15.0 Å². The second-order valence-corrected chi connectivity index (χ2v) is 3.43. The predicted octanol–water partition coefficient (Wildman–Crippen LogP) is 2.31. The molecule has 0 N–H and O–H groups in total. The molecule has 0 spiro atoms. The fourth-order valence-electron chi connectivity index (χ4n) is 0.924. The first kappa shape index (κ1) is 11.0. The van der Waals surface area contributed by atoms with E-state index in [2.05, 4.69) is 4.98 Å². The van der Waals surface area contributed by atoms with E-state index in [9.17, 15) is 13.6 Å². The minimum atomic E-state index is -2.85. The van der Waals surface area contributed by atoms with Crippen LogP contribution in [0.4, 0.5) is 8.78 Å². The third-order valence-corrected chi connectivity index (χ3v) is 2.04. The lowest BCUT2D eigenvalue weighted by Gasteiger charge is -2.04. The number of nitriles is 1. The minimum absolute atomic E-state index is 0.0535. The summed E-state index contributed by atoms with van der Waals surface area (Å²) in [5.74, 6) is 0. The Balaban J connectivity index is 3.49. The Bertz CT molecular complexity index is 415. The molecule has 0 unspecified atom stereocenters. The SMILES string of the molecule is N#Cc1c(C=O)cc(I)nc1C(F)F. The van der Waals surface area contributed by atoms with Gasteiger partial charge in [0.05, 0.1) is 5.56 Å². The maximum atomic E-state index is 12.4. The highest BCUT2D eigenvalue weighted by atomic mass is 127. The summed E-state index contributed by atoms with van der Waals surface area (Å²) in [5, 5.41) is 8.59. The number of carbonyl (C=O) groups is 1. The van der Waals surface area contributed by atoms with Gasteiger partial charge in [-0.2, -0.15) is 5.26 Å². The van der Waals surface area contributed by atoms with Gasteiger partial charge in [-0.1, -0.05) is 0 Å². The monoisotopic (exact) mass is 308 g/mol. The number of aldehydes is 1. The standard InChI is InChI=1S/C8H3F2IN2O/c9-8(10)7-5(2-12)4(3-14)1-6(11)13-7/h1,3,8H. The highest BCUT2D eigenvalue weighted by Gasteiger charge is 2.18. The average Bonchev–Trinajstić information content (AvgIpc) is 2.16. The number of pyridine rings is 1. The number of carbonyl (C=O) groups excluding carboxylic acids is 1. The van der Waals surface area contributed by atoms with E-state index >= 15 is 0 Å². The molecule has 1 aromatic rings. The number of hydrogen-bond donors (Lipinski definition) is 0. The zero-order chi connectivity index (χ0) is 10.7. The van der Waals surface area contributed by atoms with E-state index in [4.69, 9.17) is 5.26 Å². The molecule has 1 aromatic heterocycles. The summed E-state index contributed by atoms with van der Waals surface area (Å²) in [6.07, 6.45) is -2.48. The molecule has 0 aromatic carbocycles. The summed E-state index contributed by atoms with van der Waals surface area (Å²) in [6, 6.07) is 2.84. The quantitative estimate of drug-likeness (QED) is 0.478. The molecule has 0 atom stereocenters. The van der Waals surface area contributed by atoms with Gasteiger partial charge in [-0.25, -0.2) is 13.8 Å². The van der Waals surface area contributed by atoms with Gasteiger partial charge in [-0.15, -0.1) is 0 Å². The van der Waals surface area contributed by atoms with Crippen LogP contribution in [0.3, 0.4) is 0 Å². The molecule has 14 heavy (non-hydrogen) atoms. The van der Waals surface area contributed by atoms with Crippen LogP contribution in [0.15, 0.2) is 6.07 Å². The van der Waals surface area contributed by atoms with Crippen molar-refractivity contribution >= 4 is 28.9 Å². The first-order valence-corrected chi connectivity index (χ1v) is 4.52. The molecule has 1 rings (SSSR count). The maximum Gasteiger partial charge on any atom is 0.281 e. The number of hydrogen-bond acceptors (Lipinski definition) is 3. The molecule has 0 aliphatic rings. The Labute approximate surface area is 91.9 Å². The third kappa shape index (κ3) is 2.04. The van der Waals surface area contributed by atoms with Gasteiger partial charge in [0.1, 0.15) is 15.5 Å². The summed E-state index contributed by atoms with van der Waals surface area (Å²) < 4.78 is 25.0. The van der Waals surface area contributed by atoms with Crippen LogP contribution in [0.2, 0.25) is 0 Å². The molecule has 0 fully saturated rings. The van der Waals surface area contributed by atoms with Gasteiger partial charge in [-0.05, 0) is 28.7 Å². The maximum absolute atomic E-state index is 12.4. The van der Waals surface area contributed by atoms with E-state index in [0.717, 1.165) is 0 Å². The molecule has 72 valence electrons. The van der Waals surface area contributed by atoms with Gasteiger partial charge in [0.25, 0.3) is 6.43 Å². The summed E-state index contributed by atoms with van der Waals surface area (Å²) in [7, 11) is 0. The van der Waals surface area contributed by atoms with Crippen molar-refractivity contribution in [2.75, 3.05) is 0 Å². The van der Waals surface area contributed by atoms with E-state index in [0.29, 0.717) is 6.29 Å². The Kier molecular flexibility index (Phi) is 3.46. The third-order valence-electron chi connectivity index (χ3n) is 1.49. The van der Waals surface area contributed by atoms with E-state index in [1.54, 1.807) is 28.7 Å². The molecule has 0 radical (unpaired) electrons. The number of rotatable bonds is 2. The molecule has 0 amide bonds. The fraction of sp³-hybridized carbons (Fsp3) is 0.125. The van der Waals surface area contributed by atoms with Crippen molar-refractivity contribution in [1.29, 1.82) is 5.26 Å². The lowest BCUT2D eigenvalue weighted by Crippen LogP contribution is -2.02. The van der Waals surface area contributed by atoms with Crippen molar-refractivity contribution in [1.82, 2.24) is 4.98 Å². The van der Waals surface area contributed by atoms with Crippen molar-refractivity contribution in [3.05, 3.63) is 26.6 Å². The van der Waals surface area contributed by atoms with Gasteiger partial charge >= 0.3 is 0 Å². The second-order valence-electron chi connectivity index (χ2n) is 2.32. The predicted molar refractivity (Wildman–Crippen MR) is 52.0 cm³/mol. The van der Waals surface area contributed by atoms with E-state index in [-0.39, 0.29) is 14.8 Å². The van der Waals surface area contributed by atoms with Gasteiger partial charge in [0.2, 0.25) is 0 Å². The number of aromatic nitrogens is 1. The average molecular weight is 308 g/mol. The number of alkyl halides is 2. The normalized spacial score (nSPS) is 9.93. The molecule has 0 saturated carbocycles. The van der Waals surface area contributed by atoms with Gasteiger partial charge in [-0.3, -0.25) is 4.79 Å². The van der Waals surface area contributed by atoms with Crippen LogP contribution in [0.25, 0.3) is 0 Å². The molecule has 0 aliphatic heterocycles. The lowest BCUT2D eigenvalue weighted by molar-refractivity contribution is 0.112. The van der Waals surface area contributed by atoms with Crippen LogP contribution >= 0.6 is 22.6 Å². The highest BCUT2D eigenvalue weighted by Crippen LogP contribution is 2.23. The zero-order valence-corrected chi connectivity index (χ0v) is 8.83. The zero-order valence-electron chi connectivity index (χ0n) is 6.67. The first-order chi connectivity index (χ1) is 6.60. The van der Waals surface area contributed by atoms with Crippen molar-refractivity contribution in [2.45, 2.75) is 6.43 Å². The Morgan fingerprint density at radius 2 is 2.29 bits per heavy atom. The lowest BCUT2D eigenvalue weighted by atomic mass is 10.1. The molecular weight excluding hydrogens is 305 g/mol. The molecule has 0 aliphatic carbocycles. The second kappa shape index (κ2) is 4.41. The van der Waals surface area contributed by atoms with Crippen LogP contribution in [0.1, 0.15) is 28.0 Å². The van der Waals surface area contributed by atoms with Crippen LogP contribution in [0.5, 0.6) is 0 Å². The molecular formula is C8H3F2IN2O. The van der Waals surface area contributed by atoms with E-state index in [1.807, 2.05) is 0 Å². The van der Waals surface area contributed by atoms with Gasteiger partial charge < -0.3 is 0 Å². The van der Waals surface area contributed by atoms with Crippen LogP contribution < -0.4 is 0 Å². The summed E-state index contributed by atoms with van der Waals surface area (Å²) in [6.45, 7) is 0. The fourth-order valence-corrected chi connectivity index (χ4v) is 1.52. The Morgan fingerprint density at radius 1 is 1.64 bits per heavy atom. The summed E-state index contributed by atoms with van der Waals surface area (Å²) >= 11 is 1.71. The van der Waals surface area contributed by atoms with Crippen molar-refractivity contribution in [3.8, 4) is 6.07 Å². The smallest absolute Gasteiger partial charge is 0.281 e. The highest BCUT2D eigenvalue weighted by molar-refractivity contribution is 14.1. The van der Waals surface area contributed by atoms with Crippen molar-refractivity contribution in [2.24, 2.45) is 0 Å². The Hall–Kier alpha value is -1.10. The number of nitrogens with zero attached hydrogens (tertiary/aromatic N) is 2. The summed E-state index contributed by atoms with van der Waals surface area (Å²) in [4.78, 5) is 14.0. The molecule has 3 nitrogen and oxygen atoms in total. The van der Waals surface area contributed by atoms with Crippen molar-refractivity contribution in [3.63, 3.8) is 0 Å². The Morgan fingerprint density at radius 3 is 2.71 bits per heavy atom. The van der Waals surface area contributed by atoms with E-state index < -0.39 is 12.1 Å². The molecule has 6 heteroatoms. The topological polar surface area (TPSA) is 53.8 Å². The molecule has 1 heterocycles. The van der Waals surface area contributed by atoms with Gasteiger partial charge in [0.15, 0.2) is 6.29 Å². The van der Waals surface area contributed by atoms with Crippen LogP contribution in [-0.4, -0.2) is 11.3 Å². The van der Waals surface area contributed by atoms with Crippen molar-refractivity contribution < 1.29 is 13.6 Å².